The molecule has 0 saturated heterocycles. The van der Waals surface area contributed by atoms with Gasteiger partial charge >= 0.3 is 5.69 Å². The highest BCUT2D eigenvalue weighted by atomic mass is 16.6. The summed E-state index contributed by atoms with van der Waals surface area (Å²) in [4.78, 5) is 18.9. The second-order valence-corrected chi connectivity index (χ2v) is 5.45. The van der Waals surface area contributed by atoms with Gasteiger partial charge in [0, 0.05) is 12.1 Å². The third kappa shape index (κ3) is 3.15. The van der Waals surface area contributed by atoms with Crippen LogP contribution < -0.4 is 10.6 Å². The maximum Gasteiger partial charge on any atom is 0.353 e. The Morgan fingerprint density at radius 1 is 1.30 bits per heavy atom. The number of nitrogens with one attached hydrogen (secondary N) is 2. The van der Waals surface area contributed by atoms with Gasteiger partial charge in [-0.05, 0) is 26.7 Å². The van der Waals surface area contributed by atoms with Gasteiger partial charge in [-0.1, -0.05) is 19.3 Å². The largest absolute Gasteiger partial charge is 0.364 e. The van der Waals surface area contributed by atoms with Gasteiger partial charge in [-0.2, -0.15) is 0 Å². The molecular weight excluding hydrogens is 258 g/mol. The Hall–Kier alpha value is -1.92. The quantitative estimate of drug-likeness (QED) is 0.636. The van der Waals surface area contributed by atoms with E-state index in [-0.39, 0.29) is 17.0 Å². The predicted molar refractivity (Wildman–Crippen MR) is 78.0 cm³/mol. The molecule has 1 aromatic heterocycles. The van der Waals surface area contributed by atoms with Gasteiger partial charge in [0.1, 0.15) is 6.33 Å². The molecule has 0 radical (unpaired) electrons. The van der Waals surface area contributed by atoms with Crippen molar-refractivity contribution in [3.05, 3.63) is 16.4 Å². The van der Waals surface area contributed by atoms with E-state index in [1.54, 1.807) is 0 Å². The zero-order valence-electron chi connectivity index (χ0n) is 12.0. The zero-order chi connectivity index (χ0) is 14.6. The van der Waals surface area contributed by atoms with E-state index >= 15 is 0 Å². The van der Waals surface area contributed by atoms with Gasteiger partial charge in [0.15, 0.2) is 0 Å². The Morgan fingerprint density at radius 2 is 1.95 bits per heavy atom. The number of rotatable bonds is 5. The molecule has 2 N–H and O–H groups in total. The van der Waals surface area contributed by atoms with Crippen LogP contribution in [0.25, 0.3) is 0 Å². The number of hydrogen-bond acceptors (Lipinski definition) is 6. The molecule has 1 aromatic rings. The molecule has 7 nitrogen and oxygen atoms in total. The summed E-state index contributed by atoms with van der Waals surface area (Å²) in [5, 5.41) is 17.5. The second kappa shape index (κ2) is 6.02. The lowest BCUT2D eigenvalue weighted by Gasteiger charge is -2.34. The molecule has 2 rings (SSSR count). The Morgan fingerprint density at radius 3 is 2.55 bits per heavy atom. The SMILES string of the molecule is CCNc1ncnc(NC2(C)CCCCC2)c1[N+](=O)[O-]. The van der Waals surface area contributed by atoms with Crippen molar-refractivity contribution < 1.29 is 4.92 Å². The molecule has 1 aliphatic carbocycles. The van der Waals surface area contributed by atoms with Gasteiger partial charge in [-0.15, -0.1) is 0 Å². The number of nitro groups is 1. The molecule has 1 heterocycles. The average Bonchev–Trinajstić information content (AvgIpc) is 2.39. The van der Waals surface area contributed by atoms with Gasteiger partial charge in [-0.3, -0.25) is 10.1 Å². The second-order valence-electron chi connectivity index (χ2n) is 5.45. The molecule has 0 spiro atoms. The van der Waals surface area contributed by atoms with Crippen LogP contribution in [0, 0.1) is 10.1 Å². The molecular formula is C13H21N5O2. The Bertz CT molecular complexity index is 486. The summed E-state index contributed by atoms with van der Waals surface area (Å²) in [5.74, 6) is 0.583. The monoisotopic (exact) mass is 279 g/mol. The van der Waals surface area contributed by atoms with E-state index in [4.69, 9.17) is 0 Å². The van der Waals surface area contributed by atoms with Crippen molar-refractivity contribution in [2.45, 2.75) is 51.5 Å². The lowest BCUT2D eigenvalue weighted by Crippen LogP contribution is -2.37. The number of aromatic nitrogens is 2. The summed E-state index contributed by atoms with van der Waals surface area (Å²) in [6.45, 7) is 4.56. The van der Waals surface area contributed by atoms with E-state index in [0.717, 1.165) is 25.7 Å². The molecule has 0 amide bonds. The van der Waals surface area contributed by atoms with E-state index in [0.29, 0.717) is 12.4 Å². The first kappa shape index (κ1) is 14.5. The van der Waals surface area contributed by atoms with Crippen LogP contribution in [-0.2, 0) is 0 Å². The molecule has 20 heavy (non-hydrogen) atoms. The highest BCUT2D eigenvalue weighted by Gasteiger charge is 2.31. The van der Waals surface area contributed by atoms with Crippen molar-refractivity contribution in [1.29, 1.82) is 0 Å². The van der Waals surface area contributed by atoms with E-state index in [9.17, 15) is 10.1 Å². The average molecular weight is 279 g/mol. The van der Waals surface area contributed by atoms with Crippen LogP contribution in [0.2, 0.25) is 0 Å². The van der Waals surface area contributed by atoms with Crippen LogP contribution in [0.3, 0.4) is 0 Å². The van der Waals surface area contributed by atoms with Crippen LogP contribution in [-0.4, -0.2) is 27.0 Å². The van der Waals surface area contributed by atoms with Crippen molar-refractivity contribution in [2.24, 2.45) is 0 Å². The summed E-state index contributed by atoms with van der Waals surface area (Å²) in [6.07, 6.45) is 6.88. The first-order chi connectivity index (χ1) is 9.56. The molecule has 0 bridgehead atoms. The van der Waals surface area contributed by atoms with Crippen molar-refractivity contribution in [1.82, 2.24) is 9.97 Å². The molecule has 1 saturated carbocycles. The minimum absolute atomic E-state index is 0.0684. The van der Waals surface area contributed by atoms with Crippen molar-refractivity contribution in [2.75, 3.05) is 17.2 Å². The molecule has 0 aliphatic heterocycles. The topological polar surface area (TPSA) is 93.0 Å². The summed E-state index contributed by atoms with van der Waals surface area (Å²) in [6, 6.07) is 0. The van der Waals surface area contributed by atoms with Gasteiger partial charge in [0.05, 0.1) is 4.92 Å². The Kier molecular flexibility index (Phi) is 4.36. The van der Waals surface area contributed by atoms with Crippen molar-refractivity contribution in [3.63, 3.8) is 0 Å². The first-order valence-electron chi connectivity index (χ1n) is 7.07. The number of anilines is 2. The van der Waals surface area contributed by atoms with Crippen LogP contribution >= 0.6 is 0 Å². The molecule has 1 aliphatic rings. The number of nitrogens with zero attached hydrogens (tertiary/aromatic N) is 3. The van der Waals surface area contributed by atoms with Crippen molar-refractivity contribution >= 4 is 17.3 Å². The van der Waals surface area contributed by atoms with Crippen LogP contribution in [0.15, 0.2) is 6.33 Å². The standard InChI is InChI=1S/C13H21N5O2/c1-3-14-11-10(18(19)20)12(16-9-15-11)17-13(2)7-5-4-6-8-13/h9H,3-8H2,1-2H3,(H2,14,15,16,17). The maximum absolute atomic E-state index is 11.3. The van der Waals surface area contributed by atoms with Crippen LogP contribution in [0.4, 0.5) is 17.3 Å². The van der Waals surface area contributed by atoms with E-state index < -0.39 is 4.92 Å². The smallest absolute Gasteiger partial charge is 0.353 e. The zero-order valence-corrected chi connectivity index (χ0v) is 12.0. The Labute approximate surface area is 118 Å². The normalized spacial score (nSPS) is 17.5. The van der Waals surface area contributed by atoms with Crippen molar-refractivity contribution in [3.8, 4) is 0 Å². The van der Waals surface area contributed by atoms with E-state index in [1.165, 1.54) is 12.7 Å². The highest BCUT2D eigenvalue weighted by Crippen LogP contribution is 2.35. The third-order valence-corrected chi connectivity index (χ3v) is 3.73. The molecule has 0 aromatic carbocycles. The summed E-state index contributed by atoms with van der Waals surface area (Å²) in [5.41, 5.74) is -0.193. The molecule has 1 fully saturated rings. The molecule has 110 valence electrons. The third-order valence-electron chi connectivity index (χ3n) is 3.73. The maximum atomic E-state index is 11.3. The van der Waals surface area contributed by atoms with Gasteiger partial charge in [0.2, 0.25) is 11.6 Å². The van der Waals surface area contributed by atoms with Crippen LogP contribution in [0.5, 0.6) is 0 Å². The summed E-state index contributed by atoms with van der Waals surface area (Å²) in [7, 11) is 0. The summed E-state index contributed by atoms with van der Waals surface area (Å²) < 4.78 is 0. The highest BCUT2D eigenvalue weighted by molar-refractivity contribution is 5.69. The minimum atomic E-state index is -0.424. The molecule has 7 heteroatoms. The van der Waals surface area contributed by atoms with Gasteiger partial charge in [0.25, 0.3) is 0 Å². The number of hydrogen-bond donors (Lipinski definition) is 2. The fraction of sp³-hybridized carbons (Fsp3) is 0.692. The first-order valence-corrected chi connectivity index (χ1v) is 7.07. The predicted octanol–water partition coefficient (Wildman–Crippen LogP) is 2.95. The minimum Gasteiger partial charge on any atom is -0.364 e. The fourth-order valence-electron chi connectivity index (χ4n) is 2.68. The van der Waals surface area contributed by atoms with E-state index in [2.05, 4.69) is 27.5 Å². The fourth-order valence-corrected chi connectivity index (χ4v) is 2.68. The summed E-state index contributed by atoms with van der Waals surface area (Å²) >= 11 is 0. The van der Waals surface area contributed by atoms with Crippen LogP contribution in [0.1, 0.15) is 46.0 Å². The van der Waals surface area contributed by atoms with Gasteiger partial charge in [-0.25, -0.2) is 9.97 Å². The molecule has 0 atom stereocenters. The van der Waals surface area contributed by atoms with E-state index in [1.807, 2.05) is 6.92 Å². The lowest BCUT2D eigenvalue weighted by molar-refractivity contribution is -0.383. The van der Waals surface area contributed by atoms with Gasteiger partial charge < -0.3 is 10.6 Å². The molecule has 0 unspecified atom stereocenters. The lowest BCUT2D eigenvalue weighted by atomic mass is 9.83. The Balaban J connectivity index is 2.30.